The predicted molar refractivity (Wildman–Crippen MR) is 63.9 cm³/mol. The number of anilines is 1. The second kappa shape index (κ2) is 4.57. The van der Waals surface area contributed by atoms with Gasteiger partial charge in [0, 0.05) is 17.9 Å². The molecule has 0 spiro atoms. The van der Waals surface area contributed by atoms with Crippen molar-refractivity contribution in [2.75, 3.05) is 5.32 Å². The van der Waals surface area contributed by atoms with Gasteiger partial charge in [0.2, 0.25) is 0 Å². The largest absolute Gasteiger partial charge is 0.389 e. The monoisotopic (exact) mass is 229 g/mol. The summed E-state index contributed by atoms with van der Waals surface area (Å²) in [6.07, 6.45) is 1.58. The standard InChI is InChI=1S/C9H12ClN3S/c1-5(2)13-7-3-8(10)12-4-6(7)9(11)14/h3-5H,1-2H3,(H2,11,14)(H,12,13). The fourth-order valence-corrected chi connectivity index (χ4v) is 1.38. The Bertz CT molecular complexity index is 352. The predicted octanol–water partition coefficient (Wildman–Crippen LogP) is 2.19. The van der Waals surface area contributed by atoms with E-state index in [9.17, 15) is 0 Å². The summed E-state index contributed by atoms with van der Waals surface area (Å²) in [5, 5.41) is 3.63. The lowest BCUT2D eigenvalue weighted by Crippen LogP contribution is -2.17. The van der Waals surface area contributed by atoms with E-state index in [1.54, 1.807) is 12.3 Å². The highest BCUT2D eigenvalue weighted by molar-refractivity contribution is 7.80. The summed E-state index contributed by atoms with van der Waals surface area (Å²) in [5.41, 5.74) is 7.10. The second-order valence-electron chi connectivity index (χ2n) is 3.22. The van der Waals surface area contributed by atoms with Crippen molar-refractivity contribution in [3.8, 4) is 0 Å². The first-order valence-corrected chi connectivity index (χ1v) is 5.01. The molecule has 0 aliphatic heterocycles. The summed E-state index contributed by atoms with van der Waals surface area (Å²) in [7, 11) is 0. The molecule has 0 unspecified atom stereocenters. The molecule has 1 rings (SSSR count). The Morgan fingerprint density at radius 2 is 2.29 bits per heavy atom. The SMILES string of the molecule is CC(C)Nc1cc(Cl)ncc1C(N)=S. The number of nitrogens with zero attached hydrogens (tertiary/aromatic N) is 1. The van der Waals surface area contributed by atoms with Gasteiger partial charge < -0.3 is 11.1 Å². The van der Waals surface area contributed by atoms with Crippen LogP contribution in [0.15, 0.2) is 12.3 Å². The lowest BCUT2D eigenvalue weighted by atomic mass is 10.2. The van der Waals surface area contributed by atoms with E-state index >= 15 is 0 Å². The summed E-state index contributed by atoms with van der Waals surface area (Å²) in [6.45, 7) is 4.05. The van der Waals surface area contributed by atoms with Gasteiger partial charge in [-0.1, -0.05) is 23.8 Å². The molecule has 1 aromatic heterocycles. The molecule has 3 nitrogen and oxygen atoms in total. The maximum Gasteiger partial charge on any atom is 0.131 e. The minimum Gasteiger partial charge on any atom is -0.389 e. The van der Waals surface area contributed by atoms with Crippen LogP contribution in [0, 0.1) is 0 Å². The van der Waals surface area contributed by atoms with Gasteiger partial charge >= 0.3 is 0 Å². The molecule has 1 aromatic rings. The number of pyridine rings is 1. The minimum atomic E-state index is 0.293. The van der Waals surface area contributed by atoms with Crippen molar-refractivity contribution in [1.29, 1.82) is 0 Å². The van der Waals surface area contributed by atoms with Crippen LogP contribution in [0.4, 0.5) is 5.69 Å². The molecule has 0 atom stereocenters. The van der Waals surface area contributed by atoms with E-state index in [0.717, 1.165) is 11.3 Å². The van der Waals surface area contributed by atoms with Gasteiger partial charge in [0.1, 0.15) is 10.1 Å². The van der Waals surface area contributed by atoms with Crippen LogP contribution in [0.2, 0.25) is 5.15 Å². The molecule has 0 bridgehead atoms. The Labute approximate surface area is 93.7 Å². The number of aromatic nitrogens is 1. The quantitative estimate of drug-likeness (QED) is 0.616. The van der Waals surface area contributed by atoms with E-state index < -0.39 is 0 Å². The summed E-state index contributed by atoms with van der Waals surface area (Å²) < 4.78 is 0. The van der Waals surface area contributed by atoms with E-state index in [4.69, 9.17) is 29.6 Å². The number of halogens is 1. The molecule has 14 heavy (non-hydrogen) atoms. The molecule has 5 heteroatoms. The Kier molecular flexibility index (Phi) is 3.66. The molecule has 0 aliphatic rings. The van der Waals surface area contributed by atoms with Crippen LogP contribution in [0.5, 0.6) is 0 Å². The van der Waals surface area contributed by atoms with E-state index in [-0.39, 0.29) is 0 Å². The molecule has 0 radical (unpaired) electrons. The van der Waals surface area contributed by atoms with Gasteiger partial charge in [-0.05, 0) is 19.9 Å². The van der Waals surface area contributed by atoms with Gasteiger partial charge in [-0.3, -0.25) is 0 Å². The summed E-state index contributed by atoms with van der Waals surface area (Å²) in [4.78, 5) is 4.24. The van der Waals surface area contributed by atoms with Crippen LogP contribution in [0.25, 0.3) is 0 Å². The zero-order valence-electron chi connectivity index (χ0n) is 8.04. The molecule has 0 amide bonds. The van der Waals surface area contributed by atoms with Gasteiger partial charge in [0.25, 0.3) is 0 Å². The summed E-state index contributed by atoms with van der Waals surface area (Å²) >= 11 is 10.7. The topological polar surface area (TPSA) is 50.9 Å². The Morgan fingerprint density at radius 3 is 2.79 bits per heavy atom. The molecule has 0 fully saturated rings. The first kappa shape index (κ1) is 11.2. The average Bonchev–Trinajstić information content (AvgIpc) is 2.01. The zero-order valence-corrected chi connectivity index (χ0v) is 9.62. The van der Waals surface area contributed by atoms with Crippen molar-refractivity contribution in [3.05, 3.63) is 23.0 Å². The van der Waals surface area contributed by atoms with Crippen LogP contribution in [-0.2, 0) is 0 Å². The maximum atomic E-state index is 5.77. The van der Waals surface area contributed by atoms with Gasteiger partial charge in [-0.15, -0.1) is 0 Å². The normalized spacial score (nSPS) is 10.3. The molecule has 0 aliphatic carbocycles. The molecule has 76 valence electrons. The highest BCUT2D eigenvalue weighted by Gasteiger charge is 2.07. The Hall–Kier alpha value is -0.870. The van der Waals surface area contributed by atoms with Crippen molar-refractivity contribution in [2.45, 2.75) is 19.9 Å². The molecule has 0 saturated heterocycles. The van der Waals surface area contributed by atoms with E-state index in [1.807, 2.05) is 13.8 Å². The fourth-order valence-electron chi connectivity index (χ4n) is 1.06. The summed E-state index contributed by atoms with van der Waals surface area (Å²) in [6, 6.07) is 2.01. The Balaban J connectivity index is 3.09. The number of nitrogens with two attached hydrogens (primary N) is 1. The third-order valence-corrected chi connectivity index (χ3v) is 2.01. The highest BCUT2D eigenvalue weighted by atomic mass is 35.5. The van der Waals surface area contributed by atoms with Crippen molar-refractivity contribution in [3.63, 3.8) is 0 Å². The smallest absolute Gasteiger partial charge is 0.131 e. The van der Waals surface area contributed by atoms with Gasteiger partial charge in [-0.25, -0.2) is 4.98 Å². The minimum absolute atomic E-state index is 0.293. The van der Waals surface area contributed by atoms with Crippen molar-refractivity contribution < 1.29 is 0 Å². The maximum absolute atomic E-state index is 5.77. The Morgan fingerprint density at radius 1 is 1.64 bits per heavy atom. The van der Waals surface area contributed by atoms with E-state index in [1.165, 1.54) is 0 Å². The first-order valence-electron chi connectivity index (χ1n) is 4.22. The third kappa shape index (κ3) is 2.82. The van der Waals surface area contributed by atoms with Crippen LogP contribution in [0.1, 0.15) is 19.4 Å². The number of hydrogen-bond acceptors (Lipinski definition) is 3. The number of hydrogen-bond donors (Lipinski definition) is 2. The van der Waals surface area contributed by atoms with Crippen LogP contribution in [0.3, 0.4) is 0 Å². The van der Waals surface area contributed by atoms with Crippen molar-refractivity contribution >= 4 is 34.5 Å². The first-order chi connectivity index (χ1) is 6.50. The summed E-state index contributed by atoms with van der Waals surface area (Å²) in [5.74, 6) is 0. The number of thiocarbonyl (C=S) groups is 1. The molecule has 3 N–H and O–H groups in total. The highest BCUT2D eigenvalue weighted by Crippen LogP contribution is 2.19. The van der Waals surface area contributed by atoms with E-state index in [0.29, 0.717) is 16.2 Å². The van der Waals surface area contributed by atoms with Crippen LogP contribution in [-0.4, -0.2) is 16.0 Å². The lowest BCUT2D eigenvalue weighted by Gasteiger charge is -2.13. The van der Waals surface area contributed by atoms with E-state index in [2.05, 4.69) is 10.3 Å². The van der Waals surface area contributed by atoms with Crippen molar-refractivity contribution in [2.24, 2.45) is 5.73 Å². The van der Waals surface area contributed by atoms with Gasteiger partial charge in [0.15, 0.2) is 0 Å². The number of nitrogens with one attached hydrogen (secondary N) is 1. The molecule has 0 aromatic carbocycles. The molecule has 1 heterocycles. The van der Waals surface area contributed by atoms with Crippen LogP contribution < -0.4 is 11.1 Å². The van der Waals surface area contributed by atoms with Crippen molar-refractivity contribution in [1.82, 2.24) is 4.98 Å². The lowest BCUT2D eigenvalue weighted by molar-refractivity contribution is 0.898. The number of rotatable bonds is 3. The fraction of sp³-hybridized carbons (Fsp3) is 0.333. The second-order valence-corrected chi connectivity index (χ2v) is 4.04. The van der Waals surface area contributed by atoms with Crippen LogP contribution >= 0.6 is 23.8 Å². The molecular formula is C9H12ClN3S. The average molecular weight is 230 g/mol. The zero-order chi connectivity index (χ0) is 10.7. The third-order valence-electron chi connectivity index (χ3n) is 1.58. The molecular weight excluding hydrogens is 218 g/mol. The van der Waals surface area contributed by atoms with Gasteiger partial charge in [-0.2, -0.15) is 0 Å². The van der Waals surface area contributed by atoms with Gasteiger partial charge in [0.05, 0.1) is 5.56 Å². The molecule has 0 saturated carbocycles.